The minimum Gasteiger partial charge on any atom is -0.461 e. The Morgan fingerprint density at radius 1 is 0.795 bits per heavy atom. The van der Waals surface area contributed by atoms with Gasteiger partial charge in [0.15, 0.2) is 0 Å². The van der Waals surface area contributed by atoms with Crippen molar-refractivity contribution in [3.63, 3.8) is 0 Å². The zero-order valence-electron chi connectivity index (χ0n) is 24.1. The fourth-order valence-electron chi connectivity index (χ4n) is 3.94. The normalized spacial score (nSPS) is 12.8. The van der Waals surface area contributed by atoms with E-state index >= 15 is 0 Å². The van der Waals surface area contributed by atoms with Gasteiger partial charge in [0.1, 0.15) is 24.7 Å². The first-order valence-corrected chi connectivity index (χ1v) is 12.7. The molecule has 10 nitrogen and oxygen atoms in total. The van der Waals surface area contributed by atoms with Gasteiger partial charge in [-0.15, -0.1) is 0 Å². The summed E-state index contributed by atoms with van der Waals surface area (Å²) in [4.78, 5) is 47.3. The third-order valence-electron chi connectivity index (χ3n) is 6.06. The molecular formula is C29H42N2O8. The predicted octanol–water partition coefficient (Wildman–Crippen LogP) is 5.06. The maximum Gasteiger partial charge on any atom is 0.412 e. The molecule has 0 aliphatic rings. The highest BCUT2D eigenvalue weighted by Gasteiger charge is 2.43. The molecule has 1 aromatic carbocycles. The highest BCUT2D eigenvalue weighted by Crippen LogP contribution is 2.51. The summed E-state index contributed by atoms with van der Waals surface area (Å²) in [5.74, 6) is -0.828. The van der Waals surface area contributed by atoms with Gasteiger partial charge in [0.05, 0.1) is 13.1 Å². The van der Waals surface area contributed by atoms with E-state index in [-0.39, 0.29) is 48.6 Å². The van der Waals surface area contributed by atoms with E-state index in [1.807, 2.05) is 0 Å². The lowest BCUT2D eigenvalue weighted by Crippen LogP contribution is -2.41. The molecule has 1 atom stereocenters. The van der Waals surface area contributed by atoms with Crippen molar-refractivity contribution in [2.45, 2.75) is 60.3 Å². The summed E-state index contributed by atoms with van der Waals surface area (Å²) in [5.41, 5.74) is 0.0232. The molecule has 1 rings (SSSR count). The number of amides is 2. The Kier molecular flexibility index (Phi) is 12.2. The van der Waals surface area contributed by atoms with Crippen molar-refractivity contribution >= 4 is 24.1 Å². The second-order valence-corrected chi connectivity index (χ2v) is 11.4. The molecular weight excluding hydrogens is 504 g/mol. The topological polar surface area (TPSA) is 129 Å². The van der Waals surface area contributed by atoms with Crippen molar-refractivity contribution in [3.8, 4) is 11.5 Å². The third kappa shape index (κ3) is 11.2. The van der Waals surface area contributed by atoms with Gasteiger partial charge in [-0.2, -0.15) is 0 Å². The van der Waals surface area contributed by atoms with Gasteiger partial charge in [-0.1, -0.05) is 67.7 Å². The molecule has 0 aliphatic heterocycles. The van der Waals surface area contributed by atoms with Crippen LogP contribution in [0.1, 0.15) is 60.5 Å². The van der Waals surface area contributed by atoms with Crippen LogP contribution in [0.4, 0.5) is 9.59 Å². The molecule has 0 aromatic heterocycles. The van der Waals surface area contributed by atoms with Crippen LogP contribution in [-0.2, 0) is 24.5 Å². The maximum atomic E-state index is 12.7. The first-order valence-electron chi connectivity index (χ1n) is 12.7. The summed E-state index contributed by atoms with van der Waals surface area (Å²) in [6.45, 7) is 21.5. The maximum absolute atomic E-state index is 12.7. The number of carbonyl (C=O) groups is 4. The van der Waals surface area contributed by atoms with Crippen molar-refractivity contribution in [2.24, 2.45) is 10.8 Å². The van der Waals surface area contributed by atoms with Gasteiger partial charge < -0.3 is 29.6 Å². The molecule has 0 heterocycles. The summed E-state index contributed by atoms with van der Waals surface area (Å²) in [5, 5.41) is 5.02. The Balaban J connectivity index is 3.21. The Bertz CT molecular complexity index is 1050. The Labute approximate surface area is 231 Å². The highest BCUT2D eigenvalue weighted by molar-refractivity contribution is 5.81. The quantitative estimate of drug-likeness (QED) is 0.211. The van der Waals surface area contributed by atoms with E-state index in [4.69, 9.17) is 18.9 Å². The van der Waals surface area contributed by atoms with E-state index in [9.17, 15) is 19.2 Å². The van der Waals surface area contributed by atoms with E-state index in [1.165, 1.54) is 6.07 Å². The van der Waals surface area contributed by atoms with E-state index in [0.717, 1.165) is 24.1 Å². The minimum atomic E-state index is -0.773. The lowest BCUT2D eigenvalue weighted by molar-refractivity contribution is -0.138. The first-order chi connectivity index (χ1) is 18.0. The molecule has 10 heteroatoms. The molecule has 0 spiro atoms. The fourth-order valence-corrected chi connectivity index (χ4v) is 3.94. The molecule has 2 amide bonds. The minimum absolute atomic E-state index is 0.0291. The van der Waals surface area contributed by atoms with Crippen molar-refractivity contribution in [1.29, 1.82) is 0 Å². The number of esters is 2. The number of hydrogen-bond acceptors (Lipinski definition) is 8. The van der Waals surface area contributed by atoms with Crippen molar-refractivity contribution in [1.82, 2.24) is 10.6 Å². The number of benzene rings is 1. The Morgan fingerprint density at radius 2 is 1.28 bits per heavy atom. The molecule has 39 heavy (non-hydrogen) atoms. The largest absolute Gasteiger partial charge is 0.461 e. The van der Waals surface area contributed by atoms with Crippen LogP contribution in [0.25, 0.3) is 0 Å². The SMILES string of the molecule is C=CC(=O)OCCNC(=O)Oc1ccc(C(C)(CC(C)(C)C)C(C)(C)C)c(OC(=O)NCCOC(=O)C=C)c1. The monoisotopic (exact) mass is 546 g/mol. The first kappa shape index (κ1) is 33.2. The van der Waals surface area contributed by atoms with Crippen molar-refractivity contribution < 1.29 is 38.1 Å². The van der Waals surface area contributed by atoms with Crippen molar-refractivity contribution in [3.05, 3.63) is 49.1 Å². The third-order valence-corrected chi connectivity index (χ3v) is 6.06. The number of carbonyl (C=O) groups excluding carboxylic acids is 4. The van der Waals surface area contributed by atoms with Crippen LogP contribution >= 0.6 is 0 Å². The van der Waals surface area contributed by atoms with Gasteiger partial charge in [-0.25, -0.2) is 19.2 Å². The summed E-state index contributed by atoms with van der Waals surface area (Å²) in [7, 11) is 0. The molecule has 2 N–H and O–H groups in total. The molecule has 1 unspecified atom stereocenters. The average molecular weight is 547 g/mol. The number of rotatable bonds is 12. The van der Waals surface area contributed by atoms with Gasteiger partial charge in [0.25, 0.3) is 0 Å². The molecule has 0 bridgehead atoms. The van der Waals surface area contributed by atoms with Crippen LogP contribution < -0.4 is 20.1 Å². The molecule has 0 fully saturated rings. The van der Waals surface area contributed by atoms with Gasteiger partial charge in [-0.3, -0.25) is 0 Å². The van der Waals surface area contributed by atoms with Gasteiger partial charge in [0.2, 0.25) is 0 Å². The summed E-state index contributed by atoms with van der Waals surface area (Å²) < 4.78 is 20.8. The number of hydrogen-bond donors (Lipinski definition) is 2. The summed E-state index contributed by atoms with van der Waals surface area (Å²) >= 11 is 0. The Morgan fingerprint density at radius 3 is 1.72 bits per heavy atom. The number of nitrogens with one attached hydrogen (secondary N) is 2. The summed E-state index contributed by atoms with van der Waals surface area (Å²) in [6, 6.07) is 4.91. The molecule has 0 saturated heterocycles. The smallest absolute Gasteiger partial charge is 0.412 e. The molecule has 216 valence electrons. The van der Waals surface area contributed by atoms with Gasteiger partial charge >= 0.3 is 24.1 Å². The molecule has 0 aliphatic carbocycles. The lowest BCUT2D eigenvalue weighted by atomic mass is 9.58. The lowest BCUT2D eigenvalue weighted by Gasteiger charge is -2.46. The highest BCUT2D eigenvalue weighted by atomic mass is 16.6. The second kappa shape index (κ2) is 14.4. The van der Waals surface area contributed by atoms with E-state index in [1.54, 1.807) is 12.1 Å². The van der Waals surface area contributed by atoms with Crippen LogP contribution in [0.15, 0.2) is 43.5 Å². The van der Waals surface area contributed by atoms with Crippen LogP contribution in [-0.4, -0.2) is 50.4 Å². The van der Waals surface area contributed by atoms with Gasteiger partial charge in [0, 0.05) is 29.2 Å². The van der Waals surface area contributed by atoms with E-state index < -0.39 is 29.5 Å². The standard InChI is InChI=1S/C29H42N2O8/c1-10-23(32)36-16-14-30-25(34)38-20-12-13-21(29(9,28(6,7)8)19-27(3,4)5)22(18-20)39-26(35)31-15-17-37-24(33)11-2/h10-13,18H,1-2,14-17,19H2,3-9H3,(H,30,34)(H,31,35). The van der Waals surface area contributed by atoms with Gasteiger partial charge in [-0.05, 0) is 23.3 Å². The number of ether oxygens (including phenoxy) is 4. The van der Waals surface area contributed by atoms with Crippen LogP contribution in [0.5, 0.6) is 11.5 Å². The molecule has 0 radical (unpaired) electrons. The second-order valence-electron chi connectivity index (χ2n) is 11.4. The average Bonchev–Trinajstić information content (AvgIpc) is 2.82. The molecule has 1 aromatic rings. The fraction of sp³-hybridized carbons (Fsp3) is 0.517. The van der Waals surface area contributed by atoms with E-state index in [2.05, 4.69) is 72.3 Å². The van der Waals surface area contributed by atoms with Crippen LogP contribution in [0.3, 0.4) is 0 Å². The van der Waals surface area contributed by atoms with Crippen LogP contribution in [0, 0.1) is 10.8 Å². The predicted molar refractivity (Wildman–Crippen MR) is 148 cm³/mol. The Hall–Kier alpha value is -3.82. The zero-order chi connectivity index (χ0) is 29.9. The van der Waals surface area contributed by atoms with Crippen LogP contribution in [0.2, 0.25) is 0 Å². The summed E-state index contributed by atoms with van der Waals surface area (Å²) in [6.07, 6.45) is 1.29. The zero-order valence-corrected chi connectivity index (χ0v) is 24.1. The van der Waals surface area contributed by atoms with E-state index in [0.29, 0.717) is 0 Å². The van der Waals surface area contributed by atoms with Crippen molar-refractivity contribution in [2.75, 3.05) is 26.3 Å². The molecule has 0 saturated carbocycles.